The molecule has 0 saturated carbocycles. The van der Waals surface area contributed by atoms with Crippen LogP contribution in [0.3, 0.4) is 0 Å². The van der Waals surface area contributed by atoms with Crippen LogP contribution in [0.15, 0.2) is 45.8 Å². The second-order valence-electron chi connectivity index (χ2n) is 1.59. The minimum atomic E-state index is 1.71. The largest absolute Gasteiger partial charge is 0.307 e. The Labute approximate surface area is 80.3 Å². The Morgan fingerprint density at radius 2 is 0.917 bits per heavy atom. The minimum absolute atomic E-state index is 1.71. The predicted molar refractivity (Wildman–Crippen MR) is 55.8 cm³/mol. The van der Waals surface area contributed by atoms with Crippen LogP contribution < -0.4 is 0 Å². The smallest absolute Gasteiger partial charge is 0.106 e. The second kappa shape index (κ2) is 10.1. The Balaban J connectivity index is 0.000000168. The number of rotatable bonds is 0. The minimum Gasteiger partial charge on any atom is -0.307 e. The average Bonchev–Trinajstić information content (AvgIpc) is 2.87. The average molecular weight is 198 g/mol. The molecule has 2 heterocycles. The highest BCUT2D eigenvalue weighted by molar-refractivity contribution is 7.08. The summed E-state index contributed by atoms with van der Waals surface area (Å²) >= 11 is 3.43. The van der Waals surface area contributed by atoms with Crippen molar-refractivity contribution in [2.45, 2.75) is 0 Å². The molecular weight excluding hydrogens is 188 g/mol. The molecule has 0 aliphatic heterocycles. The maximum absolute atomic E-state index is 8.00. The van der Waals surface area contributed by atoms with Gasteiger partial charge in [0.1, 0.15) is 6.79 Å². The van der Waals surface area contributed by atoms with Gasteiger partial charge in [-0.05, 0) is 21.5 Å². The van der Waals surface area contributed by atoms with Crippen molar-refractivity contribution in [2.24, 2.45) is 0 Å². The van der Waals surface area contributed by atoms with Gasteiger partial charge in [0.25, 0.3) is 0 Å². The van der Waals surface area contributed by atoms with Crippen LogP contribution in [0.1, 0.15) is 0 Å². The number of hydrogen-bond donors (Lipinski definition) is 0. The van der Waals surface area contributed by atoms with Gasteiger partial charge < -0.3 is 4.79 Å². The van der Waals surface area contributed by atoms with E-state index in [1.165, 1.54) is 0 Å². The topological polar surface area (TPSA) is 17.1 Å². The lowest BCUT2D eigenvalue weighted by atomic mass is 10.7. The van der Waals surface area contributed by atoms with E-state index in [9.17, 15) is 0 Å². The van der Waals surface area contributed by atoms with Crippen molar-refractivity contribution in [1.29, 1.82) is 0 Å². The first-order chi connectivity index (χ1) is 6.00. The molecule has 0 saturated heterocycles. The van der Waals surface area contributed by atoms with E-state index in [2.05, 4.69) is 0 Å². The third kappa shape index (κ3) is 7.18. The molecule has 0 spiro atoms. The van der Waals surface area contributed by atoms with Crippen molar-refractivity contribution in [3.05, 3.63) is 45.8 Å². The van der Waals surface area contributed by atoms with Crippen LogP contribution in [0, 0.1) is 0 Å². The molecule has 2 aromatic rings. The van der Waals surface area contributed by atoms with E-state index in [0.717, 1.165) is 0 Å². The molecule has 0 aliphatic carbocycles. The van der Waals surface area contributed by atoms with Crippen LogP contribution >= 0.6 is 22.7 Å². The van der Waals surface area contributed by atoms with Crippen molar-refractivity contribution >= 4 is 29.5 Å². The molecule has 0 atom stereocenters. The molecule has 0 aliphatic rings. The number of hydrogen-bond acceptors (Lipinski definition) is 3. The molecule has 0 bridgehead atoms. The molecule has 64 valence electrons. The van der Waals surface area contributed by atoms with E-state index in [0.29, 0.717) is 0 Å². The zero-order valence-electron chi connectivity index (χ0n) is 6.55. The Morgan fingerprint density at radius 1 is 0.667 bits per heavy atom. The predicted octanol–water partition coefficient (Wildman–Crippen LogP) is 3.31. The highest BCUT2D eigenvalue weighted by Gasteiger charge is 1.59. The Morgan fingerprint density at radius 3 is 1.00 bits per heavy atom. The van der Waals surface area contributed by atoms with Gasteiger partial charge in [0.15, 0.2) is 0 Å². The molecule has 0 N–H and O–H groups in total. The summed E-state index contributed by atoms with van der Waals surface area (Å²) in [6.07, 6.45) is 0. The summed E-state index contributed by atoms with van der Waals surface area (Å²) in [4.78, 5) is 8.00. The summed E-state index contributed by atoms with van der Waals surface area (Å²) in [6.45, 7) is 2.00. The summed E-state index contributed by atoms with van der Waals surface area (Å²) in [5.74, 6) is 0. The number of thiophene rings is 2. The van der Waals surface area contributed by atoms with Crippen LogP contribution in [0.2, 0.25) is 0 Å². The highest BCUT2D eigenvalue weighted by atomic mass is 32.1. The fraction of sp³-hybridized carbons (Fsp3) is 0. The Bertz CT molecular complexity index is 164. The molecular formula is C9H10OS2. The van der Waals surface area contributed by atoms with Gasteiger partial charge in [0.2, 0.25) is 0 Å². The van der Waals surface area contributed by atoms with Crippen LogP contribution in [-0.4, -0.2) is 6.79 Å². The van der Waals surface area contributed by atoms with E-state index in [-0.39, 0.29) is 0 Å². The van der Waals surface area contributed by atoms with E-state index >= 15 is 0 Å². The van der Waals surface area contributed by atoms with Gasteiger partial charge in [-0.3, -0.25) is 0 Å². The van der Waals surface area contributed by atoms with E-state index in [1.807, 2.05) is 52.6 Å². The van der Waals surface area contributed by atoms with Crippen LogP contribution in [0.4, 0.5) is 0 Å². The molecule has 1 nitrogen and oxygen atoms in total. The quantitative estimate of drug-likeness (QED) is 0.634. The molecule has 2 aromatic heterocycles. The maximum atomic E-state index is 8.00. The molecule has 0 amide bonds. The van der Waals surface area contributed by atoms with Gasteiger partial charge in [0.05, 0.1) is 0 Å². The standard InChI is InChI=1S/2C4H4S.CH2O/c2*1-2-4-5-3-1;1-2/h2*1-4H;1H2. The normalized spacial score (nSPS) is 7.00. The maximum Gasteiger partial charge on any atom is 0.106 e. The van der Waals surface area contributed by atoms with Gasteiger partial charge in [-0.2, -0.15) is 22.7 Å². The van der Waals surface area contributed by atoms with Crippen LogP contribution in [-0.2, 0) is 4.79 Å². The fourth-order valence-corrected chi connectivity index (χ4v) is 1.36. The molecule has 0 unspecified atom stereocenters. The number of carbonyl (C=O) groups is 1. The monoisotopic (exact) mass is 198 g/mol. The third-order valence-electron chi connectivity index (χ3n) is 0.851. The first-order valence-corrected chi connectivity index (χ1v) is 5.12. The van der Waals surface area contributed by atoms with Crippen molar-refractivity contribution in [1.82, 2.24) is 0 Å². The summed E-state index contributed by atoms with van der Waals surface area (Å²) < 4.78 is 0. The molecule has 0 fully saturated rings. The molecule has 0 radical (unpaired) electrons. The SMILES string of the molecule is C=O.c1ccsc1.c1ccsc1. The van der Waals surface area contributed by atoms with Crippen molar-refractivity contribution < 1.29 is 4.79 Å². The summed E-state index contributed by atoms with van der Waals surface area (Å²) in [6, 6.07) is 8.07. The second-order valence-corrected chi connectivity index (χ2v) is 3.22. The van der Waals surface area contributed by atoms with Crippen molar-refractivity contribution in [3.63, 3.8) is 0 Å². The molecule has 2 rings (SSSR count). The Hall–Kier alpha value is -0.930. The van der Waals surface area contributed by atoms with Crippen LogP contribution in [0.25, 0.3) is 0 Å². The lowest BCUT2D eigenvalue weighted by Crippen LogP contribution is -1.16. The van der Waals surface area contributed by atoms with Crippen molar-refractivity contribution in [3.8, 4) is 0 Å². The van der Waals surface area contributed by atoms with E-state index in [4.69, 9.17) is 4.79 Å². The summed E-state index contributed by atoms with van der Waals surface area (Å²) in [5.41, 5.74) is 0. The summed E-state index contributed by atoms with van der Waals surface area (Å²) in [7, 11) is 0. The number of carbonyl (C=O) groups excluding carboxylic acids is 1. The third-order valence-corrected chi connectivity index (χ3v) is 2.11. The fourth-order valence-electron chi connectivity index (χ4n) is 0.454. The van der Waals surface area contributed by atoms with Crippen LogP contribution in [0.5, 0.6) is 0 Å². The first kappa shape index (κ1) is 11.1. The lowest BCUT2D eigenvalue weighted by Gasteiger charge is -1.39. The van der Waals surface area contributed by atoms with Gasteiger partial charge in [-0.25, -0.2) is 0 Å². The Kier molecular flexibility index (Phi) is 9.29. The zero-order chi connectivity index (χ0) is 9.07. The molecule has 0 aromatic carbocycles. The van der Waals surface area contributed by atoms with E-state index in [1.54, 1.807) is 22.7 Å². The van der Waals surface area contributed by atoms with Gasteiger partial charge in [-0.1, -0.05) is 24.3 Å². The molecule has 12 heavy (non-hydrogen) atoms. The van der Waals surface area contributed by atoms with Gasteiger partial charge >= 0.3 is 0 Å². The summed E-state index contributed by atoms with van der Waals surface area (Å²) in [5, 5.41) is 8.17. The highest BCUT2D eigenvalue weighted by Crippen LogP contribution is 1.92. The van der Waals surface area contributed by atoms with Gasteiger partial charge in [-0.15, -0.1) is 0 Å². The lowest BCUT2D eigenvalue weighted by molar-refractivity contribution is -0.0979. The van der Waals surface area contributed by atoms with Crippen molar-refractivity contribution in [2.75, 3.05) is 0 Å². The first-order valence-electron chi connectivity index (χ1n) is 3.23. The molecule has 3 heteroatoms. The van der Waals surface area contributed by atoms with Gasteiger partial charge in [0, 0.05) is 0 Å². The zero-order valence-corrected chi connectivity index (χ0v) is 8.18. The van der Waals surface area contributed by atoms with E-state index < -0.39 is 0 Å².